The molecule has 0 saturated heterocycles. The second-order valence-electron chi connectivity index (χ2n) is 9.99. The van der Waals surface area contributed by atoms with Gasteiger partial charge in [0.2, 0.25) is 11.8 Å². The molecule has 0 aliphatic heterocycles. The van der Waals surface area contributed by atoms with Gasteiger partial charge in [-0.05, 0) is 77.4 Å². The predicted octanol–water partition coefficient (Wildman–Crippen LogP) is 8.47. The Kier molecular flexibility index (Phi) is 8.84. The molecule has 6 rings (SSSR count). The fourth-order valence-corrected chi connectivity index (χ4v) is 4.53. The highest BCUT2D eigenvalue weighted by Gasteiger charge is 2.11. The van der Waals surface area contributed by atoms with Gasteiger partial charge in [0.25, 0.3) is 5.91 Å². The Bertz CT molecular complexity index is 1960. The van der Waals surface area contributed by atoms with Crippen molar-refractivity contribution < 1.29 is 23.2 Å². The summed E-state index contributed by atoms with van der Waals surface area (Å²) < 4.78 is 16.4. The molecule has 0 aliphatic carbocycles. The van der Waals surface area contributed by atoms with E-state index in [1.807, 2.05) is 60.7 Å². The molecule has 2 heterocycles. The zero-order chi connectivity index (χ0) is 30.8. The third-order valence-electron chi connectivity index (χ3n) is 6.71. The molecule has 4 aromatic carbocycles. The molecule has 0 spiro atoms. The summed E-state index contributed by atoms with van der Waals surface area (Å²) >= 11 is 0. The average molecular weight is 594 g/mol. The molecule has 0 atom stereocenters. The molecule has 220 valence electrons. The third kappa shape index (κ3) is 7.97. The van der Waals surface area contributed by atoms with Gasteiger partial charge in [0.15, 0.2) is 5.78 Å². The maximum Gasteiger partial charge on any atom is 0.255 e. The smallest absolute Gasteiger partial charge is 0.255 e. The number of carbonyl (C=O) groups is 2. The molecule has 0 radical (unpaired) electrons. The number of nitrogens with one attached hydrogen (secondary N) is 1. The number of benzene rings is 4. The summed E-state index contributed by atoms with van der Waals surface area (Å²) in [6, 6.07) is 29.1. The fourth-order valence-electron chi connectivity index (χ4n) is 4.53. The lowest BCUT2D eigenvalue weighted by atomic mass is 10.0. The Labute approximate surface area is 259 Å². The maximum absolute atomic E-state index is 13.1. The topological polar surface area (TPSA) is 107 Å². The molecular weight excluding hydrogens is 566 g/mol. The molecule has 8 heteroatoms. The summed E-state index contributed by atoms with van der Waals surface area (Å²) in [4.78, 5) is 34.1. The van der Waals surface area contributed by atoms with E-state index in [1.54, 1.807) is 73.1 Å². The predicted molar refractivity (Wildman–Crippen MR) is 173 cm³/mol. The lowest BCUT2D eigenvalue weighted by Crippen LogP contribution is -2.11. The van der Waals surface area contributed by atoms with Crippen molar-refractivity contribution in [3.05, 3.63) is 162 Å². The maximum atomic E-state index is 13.1. The third-order valence-corrected chi connectivity index (χ3v) is 6.71. The summed E-state index contributed by atoms with van der Waals surface area (Å²) in [7, 11) is 0. The van der Waals surface area contributed by atoms with Gasteiger partial charge >= 0.3 is 0 Å². The molecule has 1 amide bonds. The number of hydrogen-bond donors (Lipinski definition) is 1. The van der Waals surface area contributed by atoms with Gasteiger partial charge in [-0.1, -0.05) is 48.5 Å². The van der Waals surface area contributed by atoms with Crippen LogP contribution in [-0.4, -0.2) is 21.7 Å². The van der Waals surface area contributed by atoms with Crippen molar-refractivity contribution in [3.8, 4) is 11.5 Å². The van der Waals surface area contributed by atoms with Gasteiger partial charge in [-0.3, -0.25) is 9.59 Å². The van der Waals surface area contributed by atoms with E-state index in [1.165, 1.54) is 12.5 Å². The first-order valence-electron chi connectivity index (χ1n) is 14.1. The van der Waals surface area contributed by atoms with Crippen molar-refractivity contribution in [2.45, 2.75) is 6.42 Å². The van der Waals surface area contributed by atoms with Crippen LogP contribution in [0.3, 0.4) is 0 Å². The molecule has 6 aromatic rings. The number of oxazole rings is 2. The highest BCUT2D eigenvalue weighted by Crippen LogP contribution is 2.24. The van der Waals surface area contributed by atoms with Crippen LogP contribution in [0.1, 0.15) is 49.2 Å². The molecular formula is C37H27N3O5. The number of ether oxygens (including phenoxy) is 1. The van der Waals surface area contributed by atoms with Crippen molar-refractivity contribution in [1.29, 1.82) is 0 Å². The van der Waals surface area contributed by atoms with Crippen LogP contribution in [-0.2, 0) is 6.42 Å². The molecule has 0 unspecified atom stereocenters. The number of hydrogen-bond acceptors (Lipinski definition) is 7. The second kappa shape index (κ2) is 13.8. The van der Waals surface area contributed by atoms with Crippen LogP contribution in [0.5, 0.6) is 11.5 Å². The first-order chi connectivity index (χ1) is 22.1. The van der Waals surface area contributed by atoms with Gasteiger partial charge in [0.1, 0.15) is 24.0 Å². The number of anilines is 1. The summed E-state index contributed by atoms with van der Waals surface area (Å²) in [6.45, 7) is 0. The molecule has 0 bridgehead atoms. The van der Waals surface area contributed by atoms with Crippen LogP contribution < -0.4 is 10.1 Å². The van der Waals surface area contributed by atoms with E-state index in [4.69, 9.17) is 13.6 Å². The largest absolute Gasteiger partial charge is 0.457 e. The Morgan fingerprint density at radius 3 is 2.02 bits per heavy atom. The minimum absolute atomic E-state index is 0.0292. The standard InChI is InChI=1S/C37H27N3O5/c41-34(24-28-6-1-4-26(22-28)10-16-35-38-18-20-43-35)30-7-3-9-33(25-30)45-32-14-12-29(13-15-32)37(42)40-31-8-2-5-27(23-31)11-17-36-39-19-21-44-36/h1-23,25H,24H2,(H,40,42)/b16-10+,17-11+. The Balaban J connectivity index is 1.05. The van der Waals surface area contributed by atoms with Gasteiger partial charge in [-0.25, -0.2) is 9.97 Å². The van der Waals surface area contributed by atoms with Crippen molar-refractivity contribution in [2.24, 2.45) is 0 Å². The molecule has 45 heavy (non-hydrogen) atoms. The Morgan fingerprint density at radius 2 is 1.33 bits per heavy atom. The molecule has 0 saturated carbocycles. The number of amides is 1. The lowest BCUT2D eigenvalue weighted by Gasteiger charge is -2.09. The summed E-state index contributed by atoms with van der Waals surface area (Å²) in [5, 5.41) is 2.92. The quantitative estimate of drug-likeness (QED) is 0.150. The van der Waals surface area contributed by atoms with Gasteiger partial charge in [0.05, 0.1) is 12.4 Å². The first kappa shape index (κ1) is 28.8. The van der Waals surface area contributed by atoms with Crippen LogP contribution in [0.4, 0.5) is 5.69 Å². The van der Waals surface area contributed by atoms with Gasteiger partial charge in [-0.15, -0.1) is 0 Å². The number of aromatic nitrogens is 2. The molecule has 8 nitrogen and oxygen atoms in total. The van der Waals surface area contributed by atoms with E-state index >= 15 is 0 Å². The van der Waals surface area contributed by atoms with Gasteiger partial charge in [0, 0.05) is 35.4 Å². The van der Waals surface area contributed by atoms with E-state index in [-0.39, 0.29) is 18.1 Å². The molecule has 1 N–H and O–H groups in total. The van der Waals surface area contributed by atoms with Crippen molar-refractivity contribution in [3.63, 3.8) is 0 Å². The van der Waals surface area contributed by atoms with Crippen LogP contribution in [0.15, 0.2) is 131 Å². The minimum atomic E-state index is -0.250. The van der Waals surface area contributed by atoms with Crippen LogP contribution in [0.2, 0.25) is 0 Å². The second-order valence-corrected chi connectivity index (χ2v) is 9.99. The lowest BCUT2D eigenvalue weighted by molar-refractivity contribution is 0.0990. The van der Waals surface area contributed by atoms with E-state index in [0.29, 0.717) is 40.1 Å². The zero-order valence-corrected chi connectivity index (χ0v) is 24.0. The summed E-state index contributed by atoms with van der Waals surface area (Å²) in [6.07, 6.45) is 13.7. The van der Waals surface area contributed by atoms with Crippen molar-refractivity contribution in [1.82, 2.24) is 9.97 Å². The monoisotopic (exact) mass is 593 g/mol. The summed E-state index contributed by atoms with van der Waals surface area (Å²) in [5.41, 5.74) is 4.40. The normalized spacial score (nSPS) is 11.2. The first-order valence-corrected chi connectivity index (χ1v) is 14.1. The highest BCUT2D eigenvalue weighted by atomic mass is 16.5. The Hall–Kier alpha value is -6.28. The van der Waals surface area contributed by atoms with Gasteiger partial charge < -0.3 is 18.9 Å². The van der Waals surface area contributed by atoms with E-state index in [2.05, 4.69) is 15.3 Å². The SMILES string of the molecule is O=C(Cc1cccc(/C=C/c2ncco2)c1)c1cccc(Oc2ccc(C(=O)Nc3cccc(/C=C/c4ncco4)c3)cc2)c1. The molecule has 0 aliphatic rings. The number of carbonyl (C=O) groups excluding carboxylic acids is 2. The average Bonchev–Trinajstić information content (AvgIpc) is 3.79. The van der Waals surface area contributed by atoms with E-state index in [9.17, 15) is 9.59 Å². The Morgan fingerprint density at radius 1 is 0.667 bits per heavy atom. The van der Waals surface area contributed by atoms with Crippen LogP contribution in [0.25, 0.3) is 24.3 Å². The van der Waals surface area contributed by atoms with Crippen molar-refractivity contribution >= 4 is 41.7 Å². The van der Waals surface area contributed by atoms with Crippen LogP contribution >= 0.6 is 0 Å². The number of nitrogens with zero attached hydrogens (tertiary/aromatic N) is 2. The van der Waals surface area contributed by atoms with Gasteiger partial charge in [-0.2, -0.15) is 0 Å². The van der Waals surface area contributed by atoms with E-state index in [0.717, 1.165) is 16.7 Å². The summed E-state index contributed by atoms with van der Waals surface area (Å²) in [5.74, 6) is 1.80. The molecule has 2 aromatic heterocycles. The zero-order valence-electron chi connectivity index (χ0n) is 24.0. The minimum Gasteiger partial charge on any atom is -0.457 e. The number of rotatable bonds is 11. The van der Waals surface area contributed by atoms with E-state index < -0.39 is 0 Å². The number of Topliss-reactive ketones (excluding diaryl/α,β-unsaturated/α-hetero) is 1. The number of ketones is 1. The molecule has 0 fully saturated rings. The fraction of sp³-hybridized carbons (Fsp3) is 0.0270. The van der Waals surface area contributed by atoms with Crippen LogP contribution in [0, 0.1) is 0 Å². The highest BCUT2D eigenvalue weighted by molar-refractivity contribution is 6.04. The van der Waals surface area contributed by atoms with Crippen molar-refractivity contribution in [2.75, 3.05) is 5.32 Å².